The van der Waals surface area contributed by atoms with Crippen molar-refractivity contribution in [2.75, 3.05) is 0 Å². The van der Waals surface area contributed by atoms with E-state index in [9.17, 15) is 13.2 Å². The average molecular weight is 191 g/mol. The Hall–Kier alpha value is -1.06. The zero-order valence-electron chi connectivity index (χ0n) is 7.63. The topological polar surface area (TPSA) is 23.9 Å². The molecule has 0 heterocycles. The van der Waals surface area contributed by atoms with Crippen molar-refractivity contribution < 1.29 is 13.2 Å². The molecule has 0 amide bonds. The molecule has 0 rings (SSSR count). The van der Waals surface area contributed by atoms with Crippen LogP contribution in [0.1, 0.15) is 20.3 Å². The average Bonchev–Trinajstić information content (AvgIpc) is 2.04. The summed E-state index contributed by atoms with van der Waals surface area (Å²) in [6.45, 7) is 6.19. The molecule has 0 spiro atoms. The van der Waals surface area contributed by atoms with Gasteiger partial charge in [0.2, 0.25) is 0 Å². The summed E-state index contributed by atoms with van der Waals surface area (Å²) >= 11 is 0. The third kappa shape index (κ3) is 3.05. The lowest BCUT2D eigenvalue weighted by Crippen LogP contribution is -2.13. The first-order valence-corrected chi connectivity index (χ1v) is 3.83. The van der Waals surface area contributed by atoms with Crippen LogP contribution in [-0.4, -0.2) is 12.1 Å². The monoisotopic (exact) mass is 191 g/mol. The zero-order chi connectivity index (χ0) is 10.6. The lowest BCUT2D eigenvalue weighted by molar-refractivity contribution is 0.224. The van der Waals surface area contributed by atoms with Crippen molar-refractivity contribution in [2.45, 2.75) is 26.7 Å². The second-order valence-corrected chi connectivity index (χ2v) is 2.64. The van der Waals surface area contributed by atoms with Crippen LogP contribution in [0.5, 0.6) is 0 Å². The molecule has 0 radical (unpaired) electrons. The van der Waals surface area contributed by atoms with E-state index in [1.165, 1.54) is 13.8 Å². The van der Waals surface area contributed by atoms with Gasteiger partial charge in [-0.2, -0.15) is 0 Å². The van der Waals surface area contributed by atoms with Crippen molar-refractivity contribution in [1.82, 2.24) is 0 Å². The van der Waals surface area contributed by atoms with E-state index in [4.69, 9.17) is 5.41 Å². The Morgan fingerprint density at radius 1 is 1.46 bits per heavy atom. The first-order chi connectivity index (χ1) is 5.91. The Morgan fingerprint density at radius 2 is 1.92 bits per heavy atom. The Kier molecular flexibility index (Phi) is 4.45. The van der Waals surface area contributed by atoms with Gasteiger partial charge in [-0.3, -0.25) is 5.41 Å². The fourth-order valence-electron chi connectivity index (χ4n) is 0.853. The van der Waals surface area contributed by atoms with Crippen LogP contribution >= 0.6 is 0 Å². The van der Waals surface area contributed by atoms with Gasteiger partial charge in [-0.1, -0.05) is 13.5 Å². The molecule has 0 aromatic rings. The second-order valence-electron chi connectivity index (χ2n) is 2.64. The summed E-state index contributed by atoms with van der Waals surface area (Å²) in [6.07, 6.45) is -2.86. The molecule has 0 bridgehead atoms. The van der Waals surface area contributed by atoms with Crippen LogP contribution in [-0.2, 0) is 0 Å². The normalized spacial score (nSPS) is 12.8. The molecule has 1 N–H and O–H groups in total. The highest BCUT2D eigenvalue weighted by Gasteiger charge is 2.18. The largest absolute Gasteiger partial charge is 0.299 e. The summed E-state index contributed by atoms with van der Waals surface area (Å²) in [5.74, 6) is -0.798. The third-order valence-corrected chi connectivity index (χ3v) is 1.54. The summed E-state index contributed by atoms with van der Waals surface area (Å²) in [6, 6.07) is 0. The zero-order valence-corrected chi connectivity index (χ0v) is 7.63. The number of rotatable bonds is 4. The minimum atomic E-state index is -2.93. The van der Waals surface area contributed by atoms with Crippen molar-refractivity contribution in [3.8, 4) is 0 Å². The van der Waals surface area contributed by atoms with Crippen molar-refractivity contribution in [2.24, 2.45) is 0 Å². The van der Waals surface area contributed by atoms with Gasteiger partial charge in [0.1, 0.15) is 11.5 Å². The van der Waals surface area contributed by atoms with Gasteiger partial charge >= 0.3 is 0 Å². The summed E-state index contributed by atoms with van der Waals surface area (Å²) in [5, 5.41) is 6.94. The molecule has 0 aromatic carbocycles. The van der Waals surface area contributed by atoms with Crippen LogP contribution in [0, 0.1) is 5.41 Å². The molecule has 0 saturated heterocycles. The maximum absolute atomic E-state index is 13.1. The molecular weight excluding hydrogens is 179 g/mol. The van der Waals surface area contributed by atoms with E-state index in [0.717, 1.165) is 0 Å². The van der Waals surface area contributed by atoms with E-state index >= 15 is 0 Å². The SMILES string of the molecule is C=C(C)/C(F)=C(/CC)C(=N)C(F)F. The van der Waals surface area contributed by atoms with E-state index in [2.05, 4.69) is 6.58 Å². The number of halogens is 3. The van der Waals surface area contributed by atoms with Crippen molar-refractivity contribution >= 4 is 5.71 Å². The molecule has 0 unspecified atom stereocenters. The van der Waals surface area contributed by atoms with Gasteiger partial charge in [-0.15, -0.1) is 0 Å². The van der Waals surface area contributed by atoms with Gasteiger partial charge in [0, 0.05) is 5.57 Å². The fourth-order valence-corrected chi connectivity index (χ4v) is 0.853. The van der Waals surface area contributed by atoms with Crippen LogP contribution in [0.15, 0.2) is 23.6 Å². The Balaban J connectivity index is 4.99. The molecule has 0 aliphatic rings. The van der Waals surface area contributed by atoms with Crippen LogP contribution < -0.4 is 0 Å². The van der Waals surface area contributed by atoms with Gasteiger partial charge in [-0.25, -0.2) is 13.2 Å². The highest BCUT2D eigenvalue weighted by Crippen LogP contribution is 2.20. The van der Waals surface area contributed by atoms with Crippen LogP contribution in [0.25, 0.3) is 0 Å². The van der Waals surface area contributed by atoms with E-state index in [1.54, 1.807) is 0 Å². The van der Waals surface area contributed by atoms with E-state index < -0.39 is 18.0 Å². The Bertz CT molecular complexity index is 254. The molecular formula is C9H12F3N. The molecule has 1 nitrogen and oxygen atoms in total. The first kappa shape index (κ1) is 11.9. The summed E-state index contributed by atoms with van der Waals surface area (Å²) < 4.78 is 37.2. The fraction of sp³-hybridized carbons (Fsp3) is 0.444. The smallest absolute Gasteiger partial charge is 0.280 e. The van der Waals surface area contributed by atoms with E-state index in [-0.39, 0.29) is 17.6 Å². The number of nitrogens with one attached hydrogen (secondary N) is 1. The van der Waals surface area contributed by atoms with Gasteiger partial charge < -0.3 is 0 Å². The minimum absolute atomic E-state index is 0.0713. The molecule has 74 valence electrons. The van der Waals surface area contributed by atoms with Gasteiger partial charge in [0.15, 0.2) is 0 Å². The summed E-state index contributed by atoms with van der Waals surface area (Å²) in [7, 11) is 0. The standard InChI is InChI=1S/C9H12F3N/c1-4-6(7(10)5(2)3)8(13)9(11)12/h9,13H,2,4H2,1,3H3/b7-6+,13-8?. The van der Waals surface area contributed by atoms with Crippen LogP contribution in [0.4, 0.5) is 13.2 Å². The van der Waals surface area contributed by atoms with Crippen LogP contribution in [0.3, 0.4) is 0 Å². The Labute approximate surface area is 75.5 Å². The molecule has 13 heavy (non-hydrogen) atoms. The predicted octanol–water partition coefficient (Wildman–Crippen LogP) is 3.48. The first-order valence-electron chi connectivity index (χ1n) is 3.83. The number of hydrogen-bond donors (Lipinski definition) is 1. The third-order valence-electron chi connectivity index (χ3n) is 1.54. The number of alkyl halides is 2. The summed E-state index contributed by atoms with van der Waals surface area (Å²) in [4.78, 5) is 0. The maximum atomic E-state index is 13.1. The highest BCUT2D eigenvalue weighted by atomic mass is 19.3. The van der Waals surface area contributed by atoms with Crippen molar-refractivity contribution in [3.05, 3.63) is 23.6 Å². The maximum Gasteiger partial charge on any atom is 0.280 e. The summed E-state index contributed by atoms with van der Waals surface area (Å²) in [5.41, 5.74) is -1.15. The lowest BCUT2D eigenvalue weighted by Gasteiger charge is -2.07. The van der Waals surface area contributed by atoms with E-state index in [0.29, 0.717) is 0 Å². The minimum Gasteiger partial charge on any atom is -0.299 e. The number of allylic oxidation sites excluding steroid dienone is 3. The lowest BCUT2D eigenvalue weighted by atomic mass is 10.0. The van der Waals surface area contributed by atoms with Crippen molar-refractivity contribution in [1.29, 1.82) is 5.41 Å². The predicted molar refractivity (Wildman–Crippen MR) is 47.0 cm³/mol. The number of hydrogen-bond acceptors (Lipinski definition) is 1. The van der Waals surface area contributed by atoms with Gasteiger partial charge in [0.25, 0.3) is 6.43 Å². The molecule has 4 heteroatoms. The second kappa shape index (κ2) is 4.84. The molecule has 0 fully saturated rings. The van der Waals surface area contributed by atoms with E-state index in [1.807, 2.05) is 0 Å². The van der Waals surface area contributed by atoms with Crippen molar-refractivity contribution in [3.63, 3.8) is 0 Å². The molecule has 0 aromatic heterocycles. The quantitative estimate of drug-likeness (QED) is 0.519. The van der Waals surface area contributed by atoms with Gasteiger partial charge in [0.05, 0.1) is 0 Å². The highest BCUT2D eigenvalue weighted by molar-refractivity contribution is 6.00. The molecule has 0 saturated carbocycles. The van der Waals surface area contributed by atoms with Gasteiger partial charge in [-0.05, 0) is 18.9 Å². The Morgan fingerprint density at radius 3 is 2.15 bits per heavy atom. The molecule has 0 aliphatic heterocycles. The molecule has 0 aliphatic carbocycles. The van der Waals surface area contributed by atoms with Crippen LogP contribution in [0.2, 0.25) is 0 Å². The molecule has 0 atom stereocenters.